The van der Waals surface area contributed by atoms with Gasteiger partial charge in [0.2, 0.25) is 0 Å². The van der Waals surface area contributed by atoms with Gasteiger partial charge >= 0.3 is 0 Å². The van der Waals surface area contributed by atoms with Crippen molar-refractivity contribution in [1.82, 2.24) is 15.0 Å². The summed E-state index contributed by atoms with van der Waals surface area (Å²) in [6.07, 6.45) is 4.28. The first-order valence-electron chi connectivity index (χ1n) is 7.28. The number of aromatic amines is 1. The molecule has 0 aliphatic carbocycles. The van der Waals surface area contributed by atoms with Crippen LogP contribution in [0.2, 0.25) is 0 Å². The minimum Gasteiger partial charge on any atom is -0.306 e. The first-order chi connectivity index (χ1) is 11.3. The molecule has 0 radical (unpaired) electrons. The zero-order chi connectivity index (χ0) is 15.8. The summed E-state index contributed by atoms with van der Waals surface area (Å²) in [5, 5.41) is 2.73. The Labute approximate surface area is 140 Å². The van der Waals surface area contributed by atoms with Crippen LogP contribution in [0.4, 0.5) is 0 Å². The standard InChI is InChI=1S/C17H13N3OS2/c1-2-11-13(12-4-3-9-22-12)14-16(21)19-15(20-17(14)23-11)10-5-7-18-8-6-10/h3-9H,2H2,1H3,(H,19,20,21). The first-order valence-corrected chi connectivity index (χ1v) is 8.97. The van der Waals surface area contributed by atoms with Crippen LogP contribution < -0.4 is 5.56 Å². The van der Waals surface area contributed by atoms with Gasteiger partial charge in [0, 0.05) is 33.3 Å². The highest BCUT2D eigenvalue weighted by molar-refractivity contribution is 7.20. The van der Waals surface area contributed by atoms with Gasteiger partial charge in [-0.15, -0.1) is 22.7 Å². The fraction of sp³-hybridized carbons (Fsp3) is 0.118. The molecule has 0 spiro atoms. The van der Waals surface area contributed by atoms with Gasteiger partial charge in [-0.25, -0.2) is 4.98 Å². The topological polar surface area (TPSA) is 58.6 Å². The number of aromatic nitrogens is 3. The van der Waals surface area contributed by atoms with Crippen LogP contribution in [0, 0.1) is 0 Å². The third-order valence-electron chi connectivity index (χ3n) is 3.68. The van der Waals surface area contributed by atoms with E-state index in [1.165, 1.54) is 4.88 Å². The quantitative estimate of drug-likeness (QED) is 0.604. The van der Waals surface area contributed by atoms with Crippen LogP contribution in [-0.4, -0.2) is 15.0 Å². The number of aryl methyl sites for hydroxylation is 1. The minimum atomic E-state index is -0.0823. The largest absolute Gasteiger partial charge is 0.306 e. The molecule has 1 N–H and O–H groups in total. The maximum Gasteiger partial charge on any atom is 0.260 e. The second-order valence-corrected chi connectivity index (χ2v) is 7.09. The smallest absolute Gasteiger partial charge is 0.260 e. The Hall–Kier alpha value is -2.31. The molecule has 0 saturated carbocycles. The van der Waals surface area contributed by atoms with Gasteiger partial charge in [0.05, 0.1) is 5.39 Å². The molecular formula is C17H13N3OS2. The molecular weight excluding hydrogens is 326 g/mol. The number of hydrogen-bond acceptors (Lipinski definition) is 5. The number of thiophene rings is 2. The number of hydrogen-bond donors (Lipinski definition) is 1. The summed E-state index contributed by atoms with van der Waals surface area (Å²) in [5.41, 5.74) is 1.82. The lowest BCUT2D eigenvalue weighted by molar-refractivity contribution is 1.18. The highest BCUT2D eigenvalue weighted by Gasteiger charge is 2.18. The molecule has 6 heteroatoms. The third kappa shape index (κ3) is 2.40. The van der Waals surface area contributed by atoms with E-state index in [1.807, 2.05) is 23.6 Å². The van der Waals surface area contributed by atoms with E-state index in [2.05, 4.69) is 27.9 Å². The lowest BCUT2D eigenvalue weighted by Gasteiger charge is -2.01. The van der Waals surface area contributed by atoms with E-state index < -0.39 is 0 Å². The molecule has 0 aliphatic rings. The molecule has 4 nitrogen and oxygen atoms in total. The van der Waals surface area contributed by atoms with E-state index >= 15 is 0 Å². The first kappa shape index (κ1) is 14.3. The van der Waals surface area contributed by atoms with Gasteiger partial charge in [0.15, 0.2) is 0 Å². The molecule has 23 heavy (non-hydrogen) atoms. The van der Waals surface area contributed by atoms with Gasteiger partial charge in [-0.05, 0) is 30.0 Å². The van der Waals surface area contributed by atoms with Gasteiger partial charge < -0.3 is 4.98 Å². The Kier molecular flexibility index (Phi) is 3.55. The van der Waals surface area contributed by atoms with Crippen molar-refractivity contribution in [2.24, 2.45) is 0 Å². The number of H-pyrrole nitrogens is 1. The van der Waals surface area contributed by atoms with Crippen molar-refractivity contribution in [3.8, 4) is 21.8 Å². The average molecular weight is 339 g/mol. The molecule has 0 saturated heterocycles. The summed E-state index contributed by atoms with van der Waals surface area (Å²) >= 11 is 3.26. The van der Waals surface area contributed by atoms with Crippen LogP contribution in [0.15, 0.2) is 46.8 Å². The summed E-state index contributed by atoms with van der Waals surface area (Å²) < 4.78 is 0. The Morgan fingerprint density at radius 2 is 2.04 bits per heavy atom. The second-order valence-electron chi connectivity index (χ2n) is 5.06. The molecule has 4 heterocycles. The van der Waals surface area contributed by atoms with Crippen molar-refractivity contribution < 1.29 is 0 Å². The highest BCUT2D eigenvalue weighted by Crippen LogP contribution is 2.39. The Morgan fingerprint density at radius 1 is 1.22 bits per heavy atom. The minimum absolute atomic E-state index is 0.0823. The maximum atomic E-state index is 12.7. The van der Waals surface area contributed by atoms with E-state index in [4.69, 9.17) is 0 Å². The van der Waals surface area contributed by atoms with E-state index in [9.17, 15) is 4.79 Å². The molecule has 114 valence electrons. The highest BCUT2D eigenvalue weighted by atomic mass is 32.1. The summed E-state index contributed by atoms with van der Waals surface area (Å²) in [6, 6.07) is 7.76. The van der Waals surface area contributed by atoms with Crippen molar-refractivity contribution in [2.45, 2.75) is 13.3 Å². The zero-order valence-electron chi connectivity index (χ0n) is 12.4. The van der Waals surface area contributed by atoms with E-state index in [1.54, 1.807) is 35.1 Å². The SMILES string of the molecule is CCc1sc2nc(-c3ccncc3)[nH]c(=O)c2c1-c1cccs1. The van der Waals surface area contributed by atoms with Crippen molar-refractivity contribution in [3.05, 3.63) is 57.3 Å². The van der Waals surface area contributed by atoms with Crippen molar-refractivity contribution in [2.75, 3.05) is 0 Å². The van der Waals surface area contributed by atoms with Crippen LogP contribution in [0.3, 0.4) is 0 Å². The molecule has 4 rings (SSSR count). The van der Waals surface area contributed by atoms with Crippen molar-refractivity contribution in [3.63, 3.8) is 0 Å². The zero-order valence-corrected chi connectivity index (χ0v) is 14.0. The van der Waals surface area contributed by atoms with Crippen LogP contribution in [0.1, 0.15) is 11.8 Å². The van der Waals surface area contributed by atoms with Crippen LogP contribution in [0.5, 0.6) is 0 Å². The second kappa shape index (κ2) is 5.72. The Balaban J connectivity index is 2.01. The number of rotatable bonds is 3. The fourth-order valence-electron chi connectivity index (χ4n) is 2.63. The fourth-order valence-corrected chi connectivity index (χ4v) is 4.63. The molecule has 4 aromatic heterocycles. The summed E-state index contributed by atoms with van der Waals surface area (Å²) in [7, 11) is 0. The van der Waals surface area contributed by atoms with E-state index in [-0.39, 0.29) is 5.56 Å². The van der Waals surface area contributed by atoms with Gasteiger partial charge in [-0.1, -0.05) is 13.0 Å². The predicted molar refractivity (Wildman–Crippen MR) is 96.2 cm³/mol. The number of pyridine rings is 1. The lowest BCUT2D eigenvalue weighted by atomic mass is 10.1. The molecule has 0 aromatic carbocycles. The number of nitrogens with zero attached hydrogens (tertiary/aromatic N) is 2. The Morgan fingerprint density at radius 3 is 2.74 bits per heavy atom. The normalized spacial score (nSPS) is 11.2. The summed E-state index contributed by atoms with van der Waals surface area (Å²) in [5.74, 6) is 0.589. The summed E-state index contributed by atoms with van der Waals surface area (Å²) in [6.45, 7) is 2.11. The third-order valence-corrected chi connectivity index (χ3v) is 5.79. The van der Waals surface area contributed by atoms with Crippen LogP contribution >= 0.6 is 22.7 Å². The van der Waals surface area contributed by atoms with Gasteiger partial charge in [-0.2, -0.15) is 0 Å². The average Bonchev–Trinajstić information content (AvgIpc) is 3.22. The van der Waals surface area contributed by atoms with Crippen LogP contribution in [-0.2, 0) is 6.42 Å². The monoisotopic (exact) mass is 339 g/mol. The molecule has 4 aromatic rings. The molecule has 0 atom stereocenters. The van der Waals surface area contributed by atoms with Gasteiger partial charge in [-0.3, -0.25) is 9.78 Å². The van der Waals surface area contributed by atoms with Gasteiger partial charge in [0.25, 0.3) is 5.56 Å². The lowest BCUT2D eigenvalue weighted by Crippen LogP contribution is -2.09. The summed E-state index contributed by atoms with van der Waals surface area (Å²) in [4.78, 5) is 27.4. The maximum absolute atomic E-state index is 12.7. The molecule has 0 aliphatic heterocycles. The predicted octanol–water partition coefficient (Wildman–Crippen LogP) is 4.34. The van der Waals surface area contributed by atoms with Crippen LogP contribution in [0.25, 0.3) is 32.0 Å². The molecule has 0 unspecified atom stereocenters. The number of nitrogens with one attached hydrogen (secondary N) is 1. The van der Waals surface area contributed by atoms with E-state index in [0.29, 0.717) is 11.2 Å². The van der Waals surface area contributed by atoms with E-state index in [0.717, 1.165) is 27.3 Å². The van der Waals surface area contributed by atoms with Crippen molar-refractivity contribution >= 4 is 32.9 Å². The van der Waals surface area contributed by atoms with Gasteiger partial charge in [0.1, 0.15) is 10.7 Å². The molecule has 0 bridgehead atoms. The Bertz CT molecular complexity index is 1020. The van der Waals surface area contributed by atoms with Crippen molar-refractivity contribution in [1.29, 1.82) is 0 Å². The molecule has 0 amide bonds. The number of fused-ring (bicyclic) bond motifs is 1. The molecule has 0 fully saturated rings.